The van der Waals surface area contributed by atoms with Crippen molar-refractivity contribution in [3.8, 4) is 0 Å². The molecule has 1 aromatic heterocycles. The van der Waals surface area contributed by atoms with Gasteiger partial charge in [0, 0.05) is 57.6 Å². The van der Waals surface area contributed by atoms with Crippen molar-refractivity contribution in [1.29, 1.82) is 0 Å². The number of morpholine rings is 1. The Morgan fingerprint density at radius 3 is 2.79 bits per heavy atom. The Morgan fingerprint density at radius 2 is 2.04 bits per heavy atom. The number of likely N-dealkylation sites (tertiary alicyclic amines) is 1. The molecular weight excluding hydrogens is 306 g/mol. The number of amides is 1. The van der Waals surface area contributed by atoms with Crippen LogP contribution in [0.15, 0.2) is 18.5 Å². The van der Waals surface area contributed by atoms with Crippen molar-refractivity contribution in [2.24, 2.45) is 5.92 Å². The van der Waals surface area contributed by atoms with Gasteiger partial charge < -0.3 is 15.0 Å². The molecule has 0 aromatic carbocycles. The van der Waals surface area contributed by atoms with Gasteiger partial charge >= 0.3 is 0 Å². The van der Waals surface area contributed by atoms with Gasteiger partial charge in [-0.15, -0.1) is 0 Å². The highest BCUT2D eigenvalue weighted by Gasteiger charge is 2.36. The Labute approximate surface area is 143 Å². The van der Waals surface area contributed by atoms with Crippen LogP contribution in [0.5, 0.6) is 0 Å². The zero-order chi connectivity index (χ0) is 16.8. The van der Waals surface area contributed by atoms with Crippen LogP contribution in [-0.4, -0.2) is 77.7 Å². The highest BCUT2D eigenvalue weighted by Crippen LogP contribution is 2.23. The monoisotopic (exact) mass is 333 g/mol. The fraction of sp³-hybridized carbons (Fsp3) is 0.706. The molecule has 0 aliphatic carbocycles. The third-order valence-electron chi connectivity index (χ3n) is 4.86. The third kappa shape index (κ3) is 4.42. The molecule has 2 aliphatic rings. The molecule has 1 amide bonds. The molecule has 2 saturated heterocycles. The van der Waals surface area contributed by atoms with Crippen molar-refractivity contribution < 1.29 is 9.53 Å². The molecule has 0 spiro atoms. The number of rotatable bonds is 6. The van der Waals surface area contributed by atoms with E-state index in [1.165, 1.54) is 0 Å². The predicted molar refractivity (Wildman–Crippen MR) is 91.7 cm³/mol. The topological polar surface area (TPSA) is 70.6 Å². The van der Waals surface area contributed by atoms with Crippen LogP contribution < -0.4 is 5.32 Å². The van der Waals surface area contributed by atoms with Gasteiger partial charge in [-0.05, 0) is 18.4 Å². The second-order valence-corrected chi connectivity index (χ2v) is 6.59. The van der Waals surface area contributed by atoms with E-state index in [0.29, 0.717) is 30.9 Å². The van der Waals surface area contributed by atoms with E-state index in [9.17, 15) is 4.79 Å². The van der Waals surface area contributed by atoms with Crippen LogP contribution in [0.25, 0.3) is 0 Å². The maximum Gasteiger partial charge on any atom is 0.222 e. The first-order valence-electron chi connectivity index (χ1n) is 8.84. The van der Waals surface area contributed by atoms with Crippen LogP contribution in [0.3, 0.4) is 0 Å². The van der Waals surface area contributed by atoms with Crippen LogP contribution in [0.4, 0.5) is 5.95 Å². The summed E-state index contributed by atoms with van der Waals surface area (Å²) in [6.45, 7) is 8.28. The SMILES string of the molecule is C[C@@H]1CN(C(=O)CCCNc2ncccn2)C[C@@H]1N1CCOCC1. The largest absolute Gasteiger partial charge is 0.379 e. The maximum atomic E-state index is 12.5. The van der Waals surface area contributed by atoms with Crippen molar-refractivity contribution in [2.75, 3.05) is 51.3 Å². The van der Waals surface area contributed by atoms with Gasteiger partial charge in [0.2, 0.25) is 11.9 Å². The number of anilines is 1. The summed E-state index contributed by atoms with van der Waals surface area (Å²) < 4.78 is 5.43. The lowest BCUT2D eigenvalue weighted by Crippen LogP contribution is -2.47. The smallest absolute Gasteiger partial charge is 0.222 e. The number of ether oxygens (including phenoxy) is 1. The summed E-state index contributed by atoms with van der Waals surface area (Å²) in [5, 5.41) is 3.14. The van der Waals surface area contributed by atoms with E-state index in [-0.39, 0.29) is 5.91 Å². The second-order valence-electron chi connectivity index (χ2n) is 6.59. The molecule has 2 atom stereocenters. The number of hydrogen-bond acceptors (Lipinski definition) is 6. The third-order valence-corrected chi connectivity index (χ3v) is 4.86. The second kappa shape index (κ2) is 8.39. The van der Waals surface area contributed by atoms with E-state index in [1.807, 2.05) is 4.90 Å². The first kappa shape index (κ1) is 17.1. The zero-order valence-electron chi connectivity index (χ0n) is 14.4. The highest BCUT2D eigenvalue weighted by molar-refractivity contribution is 5.76. The number of carbonyl (C=O) groups excluding carboxylic acids is 1. The normalized spacial score (nSPS) is 25.0. The van der Waals surface area contributed by atoms with Gasteiger partial charge in [0.05, 0.1) is 13.2 Å². The lowest BCUT2D eigenvalue weighted by molar-refractivity contribution is -0.130. The molecule has 0 saturated carbocycles. The van der Waals surface area contributed by atoms with Gasteiger partial charge in [0.25, 0.3) is 0 Å². The zero-order valence-corrected chi connectivity index (χ0v) is 14.4. The minimum Gasteiger partial charge on any atom is -0.379 e. The summed E-state index contributed by atoms with van der Waals surface area (Å²) in [6, 6.07) is 2.27. The summed E-state index contributed by atoms with van der Waals surface area (Å²) in [5.41, 5.74) is 0. The predicted octanol–water partition coefficient (Wildman–Crippen LogP) is 0.848. The summed E-state index contributed by atoms with van der Waals surface area (Å²) in [5.74, 6) is 1.41. The van der Waals surface area contributed by atoms with Crippen molar-refractivity contribution >= 4 is 11.9 Å². The number of nitrogens with zero attached hydrogens (tertiary/aromatic N) is 4. The molecule has 1 N–H and O–H groups in total. The van der Waals surface area contributed by atoms with E-state index in [1.54, 1.807) is 18.5 Å². The van der Waals surface area contributed by atoms with Gasteiger partial charge in [-0.3, -0.25) is 9.69 Å². The van der Waals surface area contributed by atoms with E-state index in [0.717, 1.165) is 45.8 Å². The Hall–Kier alpha value is -1.73. The van der Waals surface area contributed by atoms with Crippen molar-refractivity contribution in [3.05, 3.63) is 18.5 Å². The fourth-order valence-corrected chi connectivity index (χ4v) is 3.53. The quantitative estimate of drug-likeness (QED) is 0.778. The minimum atomic E-state index is 0.258. The molecule has 2 fully saturated rings. The molecule has 3 rings (SSSR count). The first-order chi connectivity index (χ1) is 11.7. The van der Waals surface area contributed by atoms with Crippen molar-refractivity contribution in [1.82, 2.24) is 19.8 Å². The van der Waals surface area contributed by atoms with E-state index in [4.69, 9.17) is 4.74 Å². The Balaban J connectivity index is 1.39. The standard InChI is InChI=1S/C17H27N5O2/c1-14-12-22(13-15(14)21-8-10-24-11-9-21)16(23)4-2-5-18-17-19-6-3-7-20-17/h3,6-7,14-15H,2,4-5,8-13H2,1H3,(H,18,19,20)/t14-,15+/m1/s1. The van der Waals surface area contributed by atoms with Gasteiger partial charge in [0.15, 0.2) is 0 Å². The Morgan fingerprint density at radius 1 is 1.29 bits per heavy atom. The molecule has 2 aliphatic heterocycles. The number of carbonyl (C=O) groups is 1. The number of nitrogens with one attached hydrogen (secondary N) is 1. The average molecular weight is 333 g/mol. The molecule has 0 radical (unpaired) electrons. The molecule has 0 bridgehead atoms. The Kier molecular flexibility index (Phi) is 5.98. The van der Waals surface area contributed by atoms with Gasteiger partial charge in [-0.1, -0.05) is 6.92 Å². The van der Waals surface area contributed by atoms with Crippen molar-refractivity contribution in [3.63, 3.8) is 0 Å². The summed E-state index contributed by atoms with van der Waals surface area (Å²) in [6.07, 6.45) is 4.78. The van der Waals surface area contributed by atoms with Crippen LogP contribution in [0.1, 0.15) is 19.8 Å². The molecule has 0 unspecified atom stereocenters. The van der Waals surface area contributed by atoms with E-state index < -0.39 is 0 Å². The molecule has 7 nitrogen and oxygen atoms in total. The summed E-state index contributed by atoms with van der Waals surface area (Å²) in [7, 11) is 0. The summed E-state index contributed by atoms with van der Waals surface area (Å²) >= 11 is 0. The lowest BCUT2D eigenvalue weighted by atomic mass is 10.0. The fourth-order valence-electron chi connectivity index (χ4n) is 3.53. The minimum absolute atomic E-state index is 0.258. The number of aromatic nitrogens is 2. The highest BCUT2D eigenvalue weighted by atomic mass is 16.5. The Bertz CT molecular complexity index is 521. The van der Waals surface area contributed by atoms with E-state index >= 15 is 0 Å². The van der Waals surface area contributed by atoms with Gasteiger partial charge in [0.1, 0.15) is 0 Å². The molecular formula is C17H27N5O2. The lowest BCUT2D eigenvalue weighted by Gasteiger charge is -2.34. The molecule has 3 heterocycles. The molecule has 7 heteroatoms. The van der Waals surface area contributed by atoms with Crippen LogP contribution in [0.2, 0.25) is 0 Å². The summed E-state index contributed by atoms with van der Waals surface area (Å²) in [4.78, 5) is 25.2. The molecule has 132 valence electrons. The van der Waals surface area contributed by atoms with Crippen LogP contribution >= 0.6 is 0 Å². The van der Waals surface area contributed by atoms with E-state index in [2.05, 4.69) is 27.1 Å². The molecule has 24 heavy (non-hydrogen) atoms. The van der Waals surface area contributed by atoms with Crippen molar-refractivity contribution in [2.45, 2.75) is 25.8 Å². The number of hydrogen-bond donors (Lipinski definition) is 1. The van der Waals surface area contributed by atoms with Gasteiger partial charge in [-0.2, -0.15) is 0 Å². The van der Waals surface area contributed by atoms with Gasteiger partial charge in [-0.25, -0.2) is 9.97 Å². The van der Waals surface area contributed by atoms with Crippen LogP contribution in [-0.2, 0) is 9.53 Å². The first-order valence-corrected chi connectivity index (χ1v) is 8.84. The average Bonchev–Trinajstić information content (AvgIpc) is 3.02. The van der Waals surface area contributed by atoms with Crippen LogP contribution in [0, 0.1) is 5.92 Å². The molecule has 1 aromatic rings. The maximum absolute atomic E-state index is 12.5.